The van der Waals surface area contributed by atoms with Gasteiger partial charge in [-0.3, -0.25) is 4.79 Å². The van der Waals surface area contributed by atoms with Gasteiger partial charge in [-0.2, -0.15) is 0 Å². The van der Waals surface area contributed by atoms with Crippen LogP contribution in [-0.4, -0.2) is 38.3 Å². The molecule has 0 saturated carbocycles. The maximum Gasteiger partial charge on any atom is 0.338 e. The van der Waals surface area contributed by atoms with Crippen molar-refractivity contribution in [1.82, 2.24) is 5.32 Å². The van der Waals surface area contributed by atoms with Crippen molar-refractivity contribution in [3.05, 3.63) is 53.1 Å². The molecule has 0 saturated heterocycles. The Morgan fingerprint density at radius 2 is 1.45 bits per heavy atom. The number of benzene rings is 2. The summed E-state index contributed by atoms with van der Waals surface area (Å²) in [5.74, 6) is 0.178. The molecule has 0 fully saturated rings. The van der Waals surface area contributed by atoms with Gasteiger partial charge in [0, 0.05) is 0 Å². The molecule has 0 radical (unpaired) electrons. The average molecular weight is 430 g/mol. The molecule has 0 bridgehead atoms. The van der Waals surface area contributed by atoms with E-state index in [1.807, 2.05) is 58.9 Å². The van der Waals surface area contributed by atoms with Crippen LogP contribution in [0.1, 0.15) is 55.2 Å². The molecule has 1 N–H and O–H groups in total. The number of esters is 1. The maximum atomic E-state index is 12.6. The zero-order chi connectivity index (χ0) is 22.8. The maximum absolute atomic E-state index is 12.6. The molecular formula is C24H31NO6. The summed E-state index contributed by atoms with van der Waals surface area (Å²) in [6.07, 6.45) is 0. The summed E-state index contributed by atoms with van der Waals surface area (Å²) < 4.78 is 22.1. The molecule has 31 heavy (non-hydrogen) atoms. The average Bonchev–Trinajstić information content (AvgIpc) is 2.74. The lowest BCUT2D eigenvalue weighted by molar-refractivity contribution is -0.124. The molecule has 7 heteroatoms. The van der Waals surface area contributed by atoms with Gasteiger partial charge in [0.2, 0.25) is 5.75 Å². The van der Waals surface area contributed by atoms with Crippen molar-refractivity contribution in [2.45, 2.75) is 40.7 Å². The number of carbonyl (C=O) groups excluding carboxylic acids is 2. The van der Waals surface area contributed by atoms with Gasteiger partial charge < -0.3 is 24.3 Å². The highest BCUT2D eigenvalue weighted by atomic mass is 16.5. The van der Waals surface area contributed by atoms with Gasteiger partial charge >= 0.3 is 5.97 Å². The lowest BCUT2D eigenvalue weighted by Crippen LogP contribution is -2.31. The van der Waals surface area contributed by atoms with Crippen molar-refractivity contribution in [2.24, 2.45) is 0 Å². The highest BCUT2D eigenvalue weighted by Gasteiger charge is 2.20. The molecule has 2 aromatic carbocycles. The molecular weight excluding hydrogens is 398 g/mol. The Kier molecular flexibility index (Phi) is 9.18. The molecule has 1 atom stereocenters. The third kappa shape index (κ3) is 6.91. The summed E-state index contributed by atoms with van der Waals surface area (Å²) in [6, 6.07) is 10.7. The minimum Gasteiger partial charge on any atom is -0.490 e. The molecule has 0 heterocycles. The second kappa shape index (κ2) is 11.8. The molecule has 168 valence electrons. The summed E-state index contributed by atoms with van der Waals surface area (Å²) in [5, 5.41) is 2.83. The van der Waals surface area contributed by atoms with E-state index in [9.17, 15) is 9.59 Å². The highest BCUT2D eigenvalue weighted by molar-refractivity contribution is 5.92. The third-order valence-corrected chi connectivity index (χ3v) is 4.43. The lowest BCUT2D eigenvalue weighted by Gasteiger charge is -2.17. The van der Waals surface area contributed by atoms with Crippen molar-refractivity contribution in [2.75, 3.05) is 26.4 Å². The minimum absolute atomic E-state index is 0.202. The molecule has 0 spiro atoms. The van der Waals surface area contributed by atoms with E-state index >= 15 is 0 Å². The first-order chi connectivity index (χ1) is 14.9. The quantitative estimate of drug-likeness (QED) is 0.539. The summed E-state index contributed by atoms with van der Waals surface area (Å²) in [7, 11) is 0. The molecule has 0 unspecified atom stereocenters. The fourth-order valence-corrected chi connectivity index (χ4v) is 2.94. The van der Waals surface area contributed by atoms with Crippen LogP contribution in [0.4, 0.5) is 0 Å². The Morgan fingerprint density at radius 3 is 1.97 bits per heavy atom. The van der Waals surface area contributed by atoms with E-state index in [1.54, 1.807) is 0 Å². The minimum atomic E-state index is -0.650. The standard InChI is InChI=1S/C24H31NO6/c1-6-28-20-13-19(14-21(29-7-2)23(20)30-8-3)24(27)31-15-22(26)25-17(5)18-11-9-16(4)10-12-18/h9-14,17H,6-8,15H2,1-5H3,(H,25,26)/t17-/m1/s1. The van der Waals surface area contributed by atoms with E-state index in [0.29, 0.717) is 37.1 Å². The van der Waals surface area contributed by atoms with Gasteiger partial charge in [-0.05, 0) is 52.3 Å². The summed E-state index contributed by atoms with van der Waals surface area (Å²) in [4.78, 5) is 24.8. The molecule has 0 aliphatic carbocycles. The van der Waals surface area contributed by atoms with Crippen LogP contribution in [0.15, 0.2) is 36.4 Å². The van der Waals surface area contributed by atoms with Crippen molar-refractivity contribution in [3.63, 3.8) is 0 Å². The number of rotatable bonds is 11. The van der Waals surface area contributed by atoms with Crippen LogP contribution in [0.3, 0.4) is 0 Å². The molecule has 0 aliphatic heterocycles. The van der Waals surface area contributed by atoms with Crippen molar-refractivity contribution < 1.29 is 28.5 Å². The molecule has 7 nitrogen and oxygen atoms in total. The SMILES string of the molecule is CCOc1cc(C(=O)OCC(=O)N[C@H](C)c2ccc(C)cc2)cc(OCC)c1OCC. The van der Waals surface area contributed by atoms with Crippen molar-refractivity contribution in [1.29, 1.82) is 0 Å². The predicted molar refractivity (Wildman–Crippen MR) is 118 cm³/mol. The lowest BCUT2D eigenvalue weighted by atomic mass is 10.1. The van der Waals surface area contributed by atoms with Gasteiger partial charge in [0.25, 0.3) is 5.91 Å². The number of aryl methyl sites for hydroxylation is 1. The van der Waals surface area contributed by atoms with E-state index in [4.69, 9.17) is 18.9 Å². The zero-order valence-electron chi connectivity index (χ0n) is 18.8. The summed E-state index contributed by atoms with van der Waals surface area (Å²) in [6.45, 7) is 10.2. The Morgan fingerprint density at radius 1 is 0.903 bits per heavy atom. The van der Waals surface area contributed by atoms with Gasteiger partial charge in [-0.25, -0.2) is 4.79 Å². The van der Waals surface area contributed by atoms with Crippen LogP contribution in [0.5, 0.6) is 17.2 Å². The van der Waals surface area contributed by atoms with Crippen LogP contribution in [0.2, 0.25) is 0 Å². The van der Waals surface area contributed by atoms with E-state index < -0.39 is 12.6 Å². The summed E-state index contributed by atoms with van der Waals surface area (Å²) >= 11 is 0. The zero-order valence-corrected chi connectivity index (χ0v) is 18.8. The first kappa shape index (κ1) is 24.1. The number of hydrogen-bond acceptors (Lipinski definition) is 6. The summed E-state index contributed by atoms with van der Waals surface area (Å²) in [5.41, 5.74) is 2.33. The Balaban J connectivity index is 2.06. The van der Waals surface area contributed by atoms with Crippen molar-refractivity contribution >= 4 is 11.9 Å². The fourth-order valence-electron chi connectivity index (χ4n) is 2.94. The van der Waals surface area contributed by atoms with Gasteiger partial charge in [0.05, 0.1) is 31.4 Å². The van der Waals surface area contributed by atoms with Crippen LogP contribution in [0, 0.1) is 6.92 Å². The number of amides is 1. The second-order valence-electron chi connectivity index (χ2n) is 6.88. The molecule has 2 rings (SSSR count). The first-order valence-electron chi connectivity index (χ1n) is 10.5. The van der Waals surface area contributed by atoms with Crippen LogP contribution in [0.25, 0.3) is 0 Å². The Labute approximate surface area is 183 Å². The van der Waals surface area contributed by atoms with Gasteiger partial charge in [-0.15, -0.1) is 0 Å². The fraction of sp³-hybridized carbons (Fsp3) is 0.417. The number of nitrogens with one attached hydrogen (secondary N) is 1. The smallest absolute Gasteiger partial charge is 0.338 e. The normalized spacial score (nSPS) is 11.4. The van der Waals surface area contributed by atoms with Gasteiger partial charge in [0.15, 0.2) is 18.1 Å². The van der Waals surface area contributed by atoms with Gasteiger partial charge in [-0.1, -0.05) is 29.8 Å². The number of carbonyl (C=O) groups is 2. The monoisotopic (exact) mass is 429 g/mol. The van der Waals surface area contributed by atoms with E-state index in [-0.39, 0.29) is 17.5 Å². The molecule has 0 aliphatic rings. The third-order valence-electron chi connectivity index (χ3n) is 4.43. The predicted octanol–water partition coefficient (Wildman–Crippen LogP) is 4.23. The van der Waals surface area contributed by atoms with E-state index in [2.05, 4.69) is 5.32 Å². The van der Waals surface area contributed by atoms with Crippen molar-refractivity contribution in [3.8, 4) is 17.2 Å². The topological polar surface area (TPSA) is 83.1 Å². The van der Waals surface area contributed by atoms with Gasteiger partial charge in [0.1, 0.15) is 0 Å². The largest absolute Gasteiger partial charge is 0.490 e. The molecule has 1 amide bonds. The van der Waals surface area contributed by atoms with Crippen LogP contribution < -0.4 is 19.5 Å². The van der Waals surface area contributed by atoms with Crippen LogP contribution >= 0.6 is 0 Å². The number of hydrogen-bond donors (Lipinski definition) is 1. The highest BCUT2D eigenvalue weighted by Crippen LogP contribution is 2.39. The first-order valence-corrected chi connectivity index (χ1v) is 10.5. The van der Waals surface area contributed by atoms with Crippen LogP contribution in [-0.2, 0) is 9.53 Å². The Hall–Kier alpha value is -3.22. The molecule has 2 aromatic rings. The van der Waals surface area contributed by atoms with E-state index in [1.165, 1.54) is 12.1 Å². The van der Waals surface area contributed by atoms with E-state index in [0.717, 1.165) is 11.1 Å². The second-order valence-corrected chi connectivity index (χ2v) is 6.88. The number of ether oxygens (including phenoxy) is 4. The Bertz CT molecular complexity index is 851. The molecule has 0 aromatic heterocycles.